The second kappa shape index (κ2) is 4.55. The highest BCUT2D eigenvalue weighted by atomic mass is 19.4. The third-order valence-electron chi connectivity index (χ3n) is 1.81. The summed E-state index contributed by atoms with van der Waals surface area (Å²) in [5.74, 6) is -2.73. The second-order valence-corrected chi connectivity index (χ2v) is 4.54. The third kappa shape index (κ3) is 3.41. The van der Waals surface area contributed by atoms with E-state index in [9.17, 15) is 22.4 Å². The lowest BCUT2D eigenvalue weighted by atomic mass is 10.1. The van der Waals surface area contributed by atoms with Crippen LogP contribution in [0.4, 0.5) is 17.6 Å². The Labute approximate surface area is 101 Å². The van der Waals surface area contributed by atoms with Crippen molar-refractivity contribution in [3.8, 4) is 0 Å². The van der Waals surface area contributed by atoms with Crippen LogP contribution in [0.25, 0.3) is 0 Å². The number of pyridine rings is 1. The first-order valence-corrected chi connectivity index (χ1v) is 4.96. The molecule has 1 heterocycles. The maximum atomic E-state index is 13.3. The van der Waals surface area contributed by atoms with E-state index in [1.807, 2.05) is 0 Å². The summed E-state index contributed by atoms with van der Waals surface area (Å²) < 4.78 is 55.9. The molecule has 0 spiro atoms. The topological polar surface area (TPSA) is 39.2 Å². The molecule has 7 heteroatoms. The average Bonchev–Trinajstić information content (AvgIpc) is 2.12. The fourth-order valence-electron chi connectivity index (χ4n) is 1.19. The molecule has 0 saturated carbocycles. The van der Waals surface area contributed by atoms with Crippen LogP contribution in [0.3, 0.4) is 0 Å². The van der Waals surface area contributed by atoms with Crippen molar-refractivity contribution >= 4 is 5.97 Å². The number of hydrogen-bond acceptors (Lipinski definition) is 3. The van der Waals surface area contributed by atoms with Gasteiger partial charge in [-0.2, -0.15) is 13.2 Å². The van der Waals surface area contributed by atoms with Crippen molar-refractivity contribution in [2.45, 2.75) is 32.5 Å². The normalized spacial score (nSPS) is 12.4. The van der Waals surface area contributed by atoms with Crippen LogP contribution in [0.1, 0.15) is 36.7 Å². The minimum absolute atomic E-state index is 0.391. The van der Waals surface area contributed by atoms with Crippen molar-refractivity contribution in [1.29, 1.82) is 0 Å². The standard InChI is InChI=1S/C11H11F4NO2/c1-10(2,3)18-9(17)8-6(11(13,14)15)4-16-5-7(8)12/h4-5H,1-3H3. The molecule has 0 fully saturated rings. The maximum absolute atomic E-state index is 13.3. The molecule has 0 N–H and O–H groups in total. The lowest BCUT2D eigenvalue weighted by Crippen LogP contribution is -2.26. The summed E-state index contributed by atoms with van der Waals surface area (Å²) in [6, 6.07) is 0. The van der Waals surface area contributed by atoms with Gasteiger partial charge in [0.15, 0.2) is 5.82 Å². The van der Waals surface area contributed by atoms with Gasteiger partial charge in [-0.3, -0.25) is 4.98 Å². The van der Waals surface area contributed by atoms with Gasteiger partial charge in [-0.05, 0) is 20.8 Å². The number of ether oxygens (including phenoxy) is 1. The van der Waals surface area contributed by atoms with E-state index in [1.54, 1.807) is 0 Å². The highest BCUT2D eigenvalue weighted by molar-refractivity contribution is 5.91. The van der Waals surface area contributed by atoms with Crippen molar-refractivity contribution in [2.24, 2.45) is 0 Å². The van der Waals surface area contributed by atoms with Gasteiger partial charge in [0, 0.05) is 6.20 Å². The number of nitrogens with zero attached hydrogens (tertiary/aromatic N) is 1. The Bertz CT molecular complexity index is 463. The van der Waals surface area contributed by atoms with Gasteiger partial charge in [0.1, 0.15) is 11.2 Å². The summed E-state index contributed by atoms with van der Waals surface area (Å²) in [5.41, 5.74) is -3.61. The van der Waals surface area contributed by atoms with Crippen molar-refractivity contribution in [3.63, 3.8) is 0 Å². The SMILES string of the molecule is CC(C)(C)OC(=O)c1c(F)cncc1C(F)(F)F. The summed E-state index contributed by atoms with van der Waals surface area (Å²) in [4.78, 5) is 14.6. The van der Waals surface area contributed by atoms with Crippen molar-refractivity contribution in [3.05, 3.63) is 29.3 Å². The minimum atomic E-state index is -4.87. The van der Waals surface area contributed by atoms with Crippen molar-refractivity contribution in [1.82, 2.24) is 4.98 Å². The molecule has 0 aliphatic rings. The van der Waals surface area contributed by atoms with E-state index in [2.05, 4.69) is 4.98 Å². The summed E-state index contributed by atoms with van der Waals surface area (Å²) >= 11 is 0. The van der Waals surface area contributed by atoms with Gasteiger partial charge in [0.2, 0.25) is 0 Å². The highest BCUT2D eigenvalue weighted by Crippen LogP contribution is 2.33. The summed E-state index contributed by atoms with van der Waals surface area (Å²) in [6.07, 6.45) is -3.95. The molecule has 0 bridgehead atoms. The number of rotatable bonds is 1. The zero-order chi connectivity index (χ0) is 14.1. The van der Waals surface area contributed by atoms with Crippen LogP contribution in [-0.2, 0) is 10.9 Å². The molecule has 1 aromatic heterocycles. The summed E-state index contributed by atoms with van der Waals surface area (Å²) in [5, 5.41) is 0. The van der Waals surface area contributed by atoms with E-state index in [-0.39, 0.29) is 0 Å². The number of halogens is 4. The molecule has 3 nitrogen and oxygen atoms in total. The van der Waals surface area contributed by atoms with E-state index < -0.39 is 34.7 Å². The number of aromatic nitrogens is 1. The molecule has 0 unspecified atom stereocenters. The molecule has 1 rings (SSSR count). The van der Waals surface area contributed by atoms with Gasteiger partial charge < -0.3 is 4.74 Å². The number of carbonyl (C=O) groups is 1. The van der Waals surface area contributed by atoms with Crippen molar-refractivity contribution in [2.75, 3.05) is 0 Å². The Morgan fingerprint density at radius 1 is 1.22 bits per heavy atom. The van der Waals surface area contributed by atoms with E-state index in [0.29, 0.717) is 12.4 Å². The molecule has 0 aliphatic carbocycles. The Morgan fingerprint density at radius 3 is 2.22 bits per heavy atom. The van der Waals surface area contributed by atoms with Gasteiger partial charge in [0.05, 0.1) is 11.8 Å². The zero-order valence-electron chi connectivity index (χ0n) is 9.93. The molecule has 0 aliphatic heterocycles. The predicted molar refractivity (Wildman–Crippen MR) is 54.4 cm³/mol. The first kappa shape index (κ1) is 14.4. The van der Waals surface area contributed by atoms with Crippen LogP contribution in [-0.4, -0.2) is 16.6 Å². The Kier molecular flexibility index (Phi) is 3.64. The molecule has 0 aromatic carbocycles. The molecule has 0 atom stereocenters. The summed E-state index contributed by atoms with van der Waals surface area (Å²) in [7, 11) is 0. The summed E-state index contributed by atoms with van der Waals surface area (Å²) in [6.45, 7) is 4.41. The van der Waals surface area contributed by atoms with E-state index in [0.717, 1.165) is 0 Å². The van der Waals surface area contributed by atoms with E-state index in [1.165, 1.54) is 20.8 Å². The number of carbonyl (C=O) groups excluding carboxylic acids is 1. The Hall–Kier alpha value is -1.66. The zero-order valence-corrected chi connectivity index (χ0v) is 9.93. The lowest BCUT2D eigenvalue weighted by Gasteiger charge is -2.21. The van der Waals surface area contributed by atoms with Crippen LogP contribution in [0.2, 0.25) is 0 Å². The number of alkyl halides is 3. The molecule has 100 valence electrons. The molecule has 0 amide bonds. The molecular formula is C11H11F4NO2. The first-order valence-electron chi connectivity index (χ1n) is 4.96. The third-order valence-corrected chi connectivity index (χ3v) is 1.81. The number of esters is 1. The molecule has 1 aromatic rings. The van der Waals surface area contributed by atoms with E-state index >= 15 is 0 Å². The predicted octanol–water partition coefficient (Wildman–Crippen LogP) is 3.19. The molecular weight excluding hydrogens is 254 g/mol. The van der Waals surface area contributed by atoms with Gasteiger partial charge in [-0.1, -0.05) is 0 Å². The molecule has 18 heavy (non-hydrogen) atoms. The molecule has 0 saturated heterocycles. The van der Waals surface area contributed by atoms with Crippen molar-refractivity contribution < 1.29 is 27.1 Å². The van der Waals surface area contributed by atoms with Gasteiger partial charge in [0.25, 0.3) is 0 Å². The lowest BCUT2D eigenvalue weighted by molar-refractivity contribution is -0.138. The second-order valence-electron chi connectivity index (χ2n) is 4.54. The quantitative estimate of drug-likeness (QED) is 0.578. The largest absolute Gasteiger partial charge is 0.456 e. The Balaban J connectivity index is 3.27. The monoisotopic (exact) mass is 265 g/mol. The van der Waals surface area contributed by atoms with Crippen LogP contribution in [0.15, 0.2) is 12.4 Å². The fraction of sp³-hybridized carbons (Fsp3) is 0.455. The van der Waals surface area contributed by atoms with Gasteiger partial charge in [-0.25, -0.2) is 9.18 Å². The van der Waals surface area contributed by atoms with Crippen LogP contribution in [0.5, 0.6) is 0 Å². The van der Waals surface area contributed by atoms with Crippen LogP contribution >= 0.6 is 0 Å². The van der Waals surface area contributed by atoms with Crippen LogP contribution in [0, 0.1) is 5.82 Å². The first-order chi connectivity index (χ1) is 8.02. The smallest absolute Gasteiger partial charge is 0.418 e. The maximum Gasteiger partial charge on any atom is 0.418 e. The average molecular weight is 265 g/mol. The van der Waals surface area contributed by atoms with Gasteiger partial charge in [-0.15, -0.1) is 0 Å². The van der Waals surface area contributed by atoms with Gasteiger partial charge >= 0.3 is 12.1 Å². The Morgan fingerprint density at radius 2 is 1.78 bits per heavy atom. The molecule has 0 radical (unpaired) electrons. The van der Waals surface area contributed by atoms with E-state index in [4.69, 9.17) is 4.74 Å². The fourth-order valence-corrected chi connectivity index (χ4v) is 1.19. The van der Waals surface area contributed by atoms with Crippen LogP contribution < -0.4 is 0 Å². The minimum Gasteiger partial charge on any atom is -0.456 e. The number of hydrogen-bond donors (Lipinski definition) is 0. The highest BCUT2D eigenvalue weighted by Gasteiger charge is 2.38.